The van der Waals surface area contributed by atoms with Crippen LogP contribution >= 0.6 is 0 Å². The van der Waals surface area contributed by atoms with Crippen molar-refractivity contribution in [2.75, 3.05) is 26.7 Å². The molecule has 3 unspecified atom stereocenters. The van der Waals surface area contributed by atoms with Crippen LogP contribution in [0.3, 0.4) is 0 Å². The quantitative estimate of drug-likeness (QED) is 0.778. The monoisotopic (exact) mass is 298 g/mol. The number of nitrogens with zero attached hydrogens (tertiary/aromatic N) is 2. The first-order chi connectivity index (χ1) is 9.93. The van der Waals surface area contributed by atoms with Crippen LogP contribution in [-0.2, 0) is 14.3 Å². The molecule has 0 saturated carbocycles. The first-order valence-electron chi connectivity index (χ1n) is 7.29. The third-order valence-electron chi connectivity index (χ3n) is 4.42. The van der Waals surface area contributed by atoms with Crippen molar-refractivity contribution in [1.82, 2.24) is 9.80 Å². The van der Waals surface area contributed by atoms with E-state index in [1.54, 1.807) is 9.80 Å². The van der Waals surface area contributed by atoms with Gasteiger partial charge in [-0.25, -0.2) is 4.79 Å². The van der Waals surface area contributed by atoms with Gasteiger partial charge in [0.1, 0.15) is 0 Å². The number of carboxylic acids is 1. The number of hydrogen-bond acceptors (Lipinski definition) is 4. The molecule has 2 fully saturated rings. The second-order valence-corrected chi connectivity index (χ2v) is 5.88. The van der Waals surface area contributed by atoms with Crippen molar-refractivity contribution in [3.05, 3.63) is 0 Å². The summed E-state index contributed by atoms with van der Waals surface area (Å²) in [5.41, 5.74) is 0. The average molecular weight is 298 g/mol. The fraction of sp³-hybridized carbons (Fsp3) is 0.786. The van der Waals surface area contributed by atoms with Crippen molar-refractivity contribution >= 4 is 18.0 Å². The predicted molar refractivity (Wildman–Crippen MR) is 73.6 cm³/mol. The number of amides is 2. The second kappa shape index (κ2) is 6.32. The van der Waals surface area contributed by atoms with E-state index in [9.17, 15) is 14.4 Å². The molecule has 0 bridgehead atoms. The number of hydrogen-bond donors (Lipinski definition) is 1. The second-order valence-electron chi connectivity index (χ2n) is 5.88. The van der Waals surface area contributed by atoms with Crippen LogP contribution in [0, 0.1) is 11.8 Å². The van der Waals surface area contributed by atoms with E-state index >= 15 is 0 Å². The zero-order valence-corrected chi connectivity index (χ0v) is 12.4. The molecule has 0 aliphatic carbocycles. The molecule has 0 aromatic heterocycles. The first kappa shape index (κ1) is 15.6. The molecular weight excluding hydrogens is 276 g/mol. The number of methoxy groups -OCH3 is 1. The minimum absolute atomic E-state index is 0.0183. The van der Waals surface area contributed by atoms with E-state index < -0.39 is 5.97 Å². The number of likely N-dealkylation sites (tertiary alicyclic amines) is 2. The Labute approximate surface area is 123 Å². The minimum atomic E-state index is -0.887. The third-order valence-corrected chi connectivity index (χ3v) is 4.42. The Morgan fingerprint density at radius 2 is 2.00 bits per heavy atom. The van der Waals surface area contributed by atoms with Gasteiger partial charge in [0.15, 0.2) is 0 Å². The van der Waals surface area contributed by atoms with Crippen molar-refractivity contribution in [2.24, 2.45) is 11.8 Å². The molecular formula is C14H22N2O5. The van der Waals surface area contributed by atoms with Gasteiger partial charge in [0.25, 0.3) is 0 Å². The highest BCUT2D eigenvalue weighted by Crippen LogP contribution is 2.28. The molecule has 0 aromatic carbocycles. The van der Waals surface area contributed by atoms with Crippen LogP contribution in [0.15, 0.2) is 0 Å². The molecule has 21 heavy (non-hydrogen) atoms. The van der Waals surface area contributed by atoms with E-state index in [0.29, 0.717) is 19.6 Å². The zero-order chi connectivity index (χ0) is 15.6. The van der Waals surface area contributed by atoms with E-state index in [1.165, 1.54) is 7.11 Å². The zero-order valence-electron chi connectivity index (χ0n) is 12.4. The summed E-state index contributed by atoms with van der Waals surface area (Å²) in [5, 5.41) is 8.91. The lowest BCUT2D eigenvalue weighted by molar-refractivity contribution is -0.146. The van der Waals surface area contributed by atoms with Crippen molar-refractivity contribution in [3.63, 3.8) is 0 Å². The largest absolute Gasteiger partial charge is 0.481 e. The Balaban J connectivity index is 2.00. The highest BCUT2D eigenvalue weighted by Gasteiger charge is 2.41. The molecule has 2 aliphatic heterocycles. The first-order valence-corrected chi connectivity index (χ1v) is 7.29. The summed E-state index contributed by atoms with van der Waals surface area (Å²) in [6, 6.07) is -0.389. The molecule has 0 aromatic rings. The van der Waals surface area contributed by atoms with Gasteiger partial charge in [-0.15, -0.1) is 0 Å². The van der Waals surface area contributed by atoms with E-state index in [1.807, 2.05) is 6.92 Å². The molecule has 7 nitrogen and oxygen atoms in total. The Morgan fingerprint density at radius 1 is 1.29 bits per heavy atom. The van der Waals surface area contributed by atoms with Gasteiger partial charge in [-0.1, -0.05) is 6.92 Å². The highest BCUT2D eigenvalue weighted by molar-refractivity contribution is 5.79. The number of carbonyl (C=O) groups excluding carboxylic acids is 2. The topological polar surface area (TPSA) is 87.2 Å². The van der Waals surface area contributed by atoms with Gasteiger partial charge in [0.2, 0.25) is 0 Å². The summed E-state index contributed by atoms with van der Waals surface area (Å²) in [6.07, 6.45) is 1.53. The predicted octanol–water partition coefficient (Wildman–Crippen LogP) is 0.786. The van der Waals surface area contributed by atoms with Gasteiger partial charge in [-0.3, -0.25) is 9.59 Å². The maximum Gasteiger partial charge on any atom is 0.320 e. The van der Waals surface area contributed by atoms with Crippen molar-refractivity contribution in [3.8, 4) is 0 Å². The van der Waals surface area contributed by atoms with Gasteiger partial charge in [-0.05, 0) is 18.8 Å². The normalized spacial score (nSPS) is 28.8. The Bertz CT molecular complexity index is 439. The molecule has 7 heteroatoms. The molecule has 2 rings (SSSR count). The number of esters is 1. The molecule has 2 amide bonds. The summed E-state index contributed by atoms with van der Waals surface area (Å²) < 4.78 is 4.76. The van der Waals surface area contributed by atoms with Crippen LogP contribution in [0.25, 0.3) is 0 Å². The number of rotatable bonds is 3. The van der Waals surface area contributed by atoms with Crippen LogP contribution in [-0.4, -0.2) is 65.7 Å². The molecule has 0 radical (unpaired) electrons. The smallest absolute Gasteiger partial charge is 0.320 e. The maximum atomic E-state index is 12.5. The summed E-state index contributed by atoms with van der Waals surface area (Å²) in [4.78, 5) is 38.4. The molecule has 2 aliphatic rings. The van der Waals surface area contributed by atoms with E-state index in [2.05, 4.69) is 0 Å². The van der Waals surface area contributed by atoms with Crippen LogP contribution in [0.4, 0.5) is 4.79 Å². The summed E-state index contributed by atoms with van der Waals surface area (Å²) in [7, 11) is 1.35. The number of carboxylic acid groups (broad SMARTS) is 1. The van der Waals surface area contributed by atoms with Crippen molar-refractivity contribution < 1.29 is 24.2 Å². The minimum Gasteiger partial charge on any atom is -0.481 e. The van der Waals surface area contributed by atoms with Gasteiger partial charge in [0.05, 0.1) is 19.4 Å². The fourth-order valence-electron chi connectivity index (χ4n) is 3.26. The average Bonchev–Trinajstić information content (AvgIpc) is 3.03. The number of ether oxygens (including phenoxy) is 1. The van der Waals surface area contributed by atoms with Gasteiger partial charge in [0, 0.05) is 25.7 Å². The number of aliphatic carboxylic acids is 1. The van der Waals surface area contributed by atoms with Gasteiger partial charge >= 0.3 is 18.0 Å². The van der Waals surface area contributed by atoms with Crippen LogP contribution < -0.4 is 0 Å². The number of carbonyl (C=O) groups is 3. The van der Waals surface area contributed by atoms with E-state index in [-0.39, 0.29) is 36.3 Å². The molecule has 1 N–H and O–H groups in total. The fourth-order valence-corrected chi connectivity index (χ4v) is 3.26. The van der Waals surface area contributed by atoms with Crippen molar-refractivity contribution in [2.45, 2.75) is 32.2 Å². The lowest BCUT2D eigenvalue weighted by Crippen LogP contribution is -2.45. The van der Waals surface area contributed by atoms with Crippen LogP contribution in [0.2, 0.25) is 0 Å². The summed E-state index contributed by atoms with van der Waals surface area (Å²) in [5.74, 6) is -1.41. The Morgan fingerprint density at radius 3 is 2.62 bits per heavy atom. The lowest BCUT2D eigenvalue weighted by Gasteiger charge is -2.28. The Hall–Kier alpha value is -1.79. The molecule has 118 valence electrons. The van der Waals surface area contributed by atoms with Gasteiger partial charge in [-0.2, -0.15) is 0 Å². The molecule has 2 heterocycles. The molecule has 0 spiro atoms. The number of urea groups is 1. The van der Waals surface area contributed by atoms with Crippen LogP contribution in [0.5, 0.6) is 0 Å². The third kappa shape index (κ3) is 3.28. The van der Waals surface area contributed by atoms with Gasteiger partial charge < -0.3 is 19.6 Å². The standard InChI is InChI=1S/C14H22N2O5/c1-9-7-15(8-11(9)13(19)21-2)14(20)16-5-3-4-10(16)6-12(17)18/h9-11H,3-8H2,1-2H3,(H,17,18). The van der Waals surface area contributed by atoms with Crippen molar-refractivity contribution in [1.29, 1.82) is 0 Å². The van der Waals surface area contributed by atoms with Crippen LogP contribution in [0.1, 0.15) is 26.2 Å². The molecule has 3 atom stereocenters. The SMILES string of the molecule is COC(=O)C1CN(C(=O)N2CCCC2CC(=O)O)CC1C. The summed E-state index contributed by atoms with van der Waals surface area (Å²) >= 11 is 0. The maximum absolute atomic E-state index is 12.5. The highest BCUT2D eigenvalue weighted by atomic mass is 16.5. The molecule has 2 saturated heterocycles. The lowest BCUT2D eigenvalue weighted by atomic mass is 9.99. The van der Waals surface area contributed by atoms with E-state index in [4.69, 9.17) is 9.84 Å². The Kier molecular flexibility index (Phi) is 4.69. The van der Waals surface area contributed by atoms with E-state index in [0.717, 1.165) is 12.8 Å². The summed E-state index contributed by atoms with van der Waals surface area (Å²) in [6.45, 7) is 3.37.